The Morgan fingerprint density at radius 3 is 2.48 bits per heavy atom. The predicted molar refractivity (Wildman–Crippen MR) is 92.4 cm³/mol. The number of carbonyl (C=O) groups is 1. The highest BCUT2D eigenvalue weighted by Gasteiger charge is 2.04. The first-order valence-electron chi connectivity index (χ1n) is 6.74. The number of nitrogen functional groups attached to an aromatic ring is 1. The molecule has 2 rings (SSSR count). The van der Waals surface area contributed by atoms with Crippen LogP contribution in [-0.4, -0.2) is 12.6 Å². The van der Waals surface area contributed by atoms with E-state index in [-0.39, 0.29) is 13.2 Å². The van der Waals surface area contributed by atoms with E-state index < -0.39 is 6.09 Å². The van der Waals surface area contributed by atoms with Gasteiger partial charge in [-0.2, -0.15) is 0 Å². The van der Waals surface area contributed by atoms with Crippen molar-refractivity contribution in [2.75, 3.05) is 12.3 Å². The highest BCUT2D eigenvalue weighted by Crippen LogP contribution is 2.26. The van der Waals surface area contributed by atoms with Gasteiger partial charge < -0.3 is 15.8 Å². The maximum absolute atomic E-state index is 11.5. The molecule has 0 spiro atoms. The molecule has 0 atom stereocenters. The maximum Gasteiger partial charge on any atom is 0.408 e. The van der Waals surface area contributed by atoms with E-state index in [1.54, 1.807) is 12.1 Å². The van der Waals surface area contributed by atoms with Gasteiger partial charge in [-0.1, -0.05) is 65.4 Å². The number of rotatable bonds is 3. The van der Waals surface area contributed by atoms with Gasteiger partial charge in [0.25, 0.3) is 0 Å². The number of anilines is 1. The summed E-state index contributed by atoms with van der Waals surface area (Å²) in [4.78, 5) is 11.5. The number of carbonyl (C=O) groups excluding carboxylic acids is 1. The molecule has 0 saturated carbocycles. The third kappa shape index (κ3) is 5.41. The molecular weight excluding hydrogens is 335 g/mol. The second-order valence-corrected chi connectivity index (χ2v) is 5.39. The van der Waals surface area contributed by atoms with Crippen LogP contribution in [0.4, 0.5) is 10.5 Å². The van der Waals surface area contributed by atoms with E-state index in [1.165, 1.54) is 0 Å². The summed E-state index contributed by atoms with van der Waals surface area (Å²) in [5.74, 6) is 5.56. The summed E-state index contributed by atoms with van der Waals surface area (Å²) in [6.07, 6.45) is -0.544. The van der Waals surface area contributed by atoms with E-state index in [1.807, 2.05) is 30.3 Å². The van der Waals surface area contributed by atoms with Gasteiger partial charge in [0.1, 0.15) is 6.61 Å². The molecule has 0 saturated heterocycles. The monoisotopic (exact) mass is 348 g/mol. The molecule has 0 aliphatic carbocycles. The van der Waals surface area contributed by atoms with E-state index in [0.717, 1.165) is 5.56 Å². The second kappa shape index (κ2) is 8.33. The zero-order chi connectivity index (χ0) is 16.7. The molecule has 118 valence electrons. The van der Waals surface area contributed by atoms with Crippen LogP contribution in [0.15, 0.2) is 42.5 Å². The van der Waals surface area contributed by atoms with Crippen LogP contribution in [0.2, 0.25) is 10.0 Å². The van der Waals surface area contributed by atoms with Crippen molar-refractivity contribution in [1.82, 2.24) is 5.32 Å². The van der Waals surface area contributed by atoms with Crippen molar-refractivity contribution < 1.29 is 9.53 Å². The van der Waals surface area contributed by atoms with Crippen molar-refractivity contribution in [1.29, 1.82) is 0 Å². The second-order valence-electron chi connectivity index (χ2n) is 4.58. The summed E-state index contributed by atoms with van der Waals surface area (Å²) in [7, 11) is 0. The van der Waals surface area contributed by atoms with Crippen LogP contribution >= 0.6 is 23.2 Å². The van der Waals surface area contributed by atoms with Gasteiger partial charge in [-0.3, -0.25) is 0 Å². The van der Waals surface area contributed by atoms with Gasteiger partial charge in [0.15, 0.2) is 0 Å². The van der Waals surface area contributed by atoms with Crippen LogP contribution in [0.5, 0.6) is 0 Å². The molecule has 2 aromatic rings. The highest BCUT2D eigenvalue weighted by atomic mass is 35.5. The quantitative estimate of drug-likeness (QED) is 0.653. The highest BCUT2D eigenvalue weighted by molar-refractivity contribution is 6.37. The van der Waals surface area contributed by atoms with Gasteiger partial charge in [-0.05, 0) is 17.7 Å². The molecule has 0 unspecified atom stereocenters. The van der Waals surface area contributed by atoms with Crippen molar-refractivity contribution in [3.63, 3.8) is 0 Å². The van der Waals surface area contributed by atoms with Crippen molar-refractivity contribution in [2.45, 2.75) is 6.61 Å². The van der Waals surface area contributed by atoms with Crippen LogP contribution in [0.25, 0.3) is 0 Å². The Hall–Kier alpha value is -2.35. The number of nitrogens with two attached hydrogens (primary N) is 1. The lowest BCUT2D eigenvalue weighted by molar-refractivity contribution is 0.141. The summed E-state index contributed by atoms with van der Waals surface area (Å²) >= 11 is 12.0. The van der Waals surface area contributed by atoms with Gasteiger partial charge in [-0.25, -0.2) is 4.79 Å². The smallest absolute Gasteiger partial charge is 0.408 e. The Balaban J connectivity index is 1.83. The predicted octanol–water partition coefficient (Wildman–Crippen LogP) is 3.85. The minimum atomic E-state index is -0.544. The van der Waals surface area contributed by atoms with E-state index in [0.29, 0.717) is 21.3 Å². The molecule has 0 heterocycles. The Labute approximate surface area is 144 Å². The van der Waals surface area contributed by atoms with Crippen molar-refractivity contribution in [3.8, 4) is 11.8 Å². The first-order valence-corrected chi connectivity index (χ1v) is 7.50. The van der Waals surface area contributed by atoms with Gasteiger partial charge in [0.05, 0.1) is 22.2 Å². The molecule has 6 heteroatoms. The molecule has 2 aromatic carbocycles. The number of ether oxygens (including phenoxy) is 1. The zero-order valence-corrected chi connectivity index (χ0v) is 13.6. The molecule has 3 N–H and O–H groups in total. The standard InChI is InChI=1S/C17H14Cl2N2O2/c18-15-9-13(20)10-16(19)14(15)7-4-8-21-17(22)23-11-12-5-2-1-3-6-12/h1-3,5-6,9-10H,8,11,20H2,(H,21,22). The summed E-state index contributed by atoms with van der Waals surface area (Å²) < 4.78 is 5.06. The molecule has 0 aromatic heterocycles. The molecule has 23 heavy (non-hydrogen) atoms. The topological polar surface area (TPSA) is 64.3 Å². The lowest BCUT2D eigenvalue weighted by atomic mass is 10.2. The molecule has 0 bridgehead atoms. The molecule has 0 fully saturated rings. The Bertz CT molecular complexity index is 729. The Morgan fingerprint density at radius 1 is 1.17 bits per heavy atom. The lowest BCUT2D eigenvalue weighted by Gasteiger charge is -2.04. The van der Waals surface area contributed by atoms with Crippen LogP contribution < -0.4 is 11.1 Å². The van der Waals surface area contributed by atoms with Crippen molar-refractivity contribution >= 4 is 35.0 Å². The van der Waals surface area contributed by atoms with Crippen LogP contribution in [0.1, 0.15) is 11.1 Å². The molecule has 1 amide bonds. The maximum atomic E-state index is 11.5. The van der Waals surface area contributed by atoms with Gasteiger partial charge in [0, 0.05) is 5.69 Å². The fraction of sp³-hybridized carbons (Fsp3) is 0.118. The van der Waals surface area contributed by atoms with E-state index in [4.69, 9.17) is 33.7 Å². The molecular formula is C17H14Cl2N2O2. The fourth-order valence-corrected chi connectivity index (χ4v) is 2.33. The Morgan fingerprint density at radius 2 is 1.83 bits per heavy atom. The largest absolute Gasteiger partial charge is 0.445 e. The number of benzene rings is 2. The minimum Gasteiger partial charge on any atom is -0.445 e. The van der Waals surface area contributed by atoms with Gasteiger partial charge >= 0.3 is 6.09 Å². The molecule has 0 radical (unpaired) electrons. The summed E-state index contributed by atoms with van der Waals surface area (Å²) in [5.41, 5.74) is 7.46. The van der Waals surface area contributed by atoms with Crippen molar-refractivity contribution in [2.24, 2.45) is 0 Å². The van der Waals surface area contributed by atoms with Crippen LogP contribution in [0.3, 0.4) is 0 Å². The lowest BCUT2D eigenvalue weighted by Crippen LogP contribution is -2.24. The average molecular weight is 349 g/mol. The third-order valence-electron chi connectivity index (χ3n) is 2.81. The average Bonchev–Trinajstić information content (AvgIpc) is 2.52. The molecule has 0 aliphatic rings. The third-order valence-corrected chi connectivity index (χ3v) is 3.41. The Kier molecular flexibility index (Phi) is 6.16. The summed E-state index contributed by atoms with van der Waals surface area (Å²) in [6, 6.07) is 12.5. The number of halogens is 2. The fourth-order valence-electron chi connectivity index (χ4n) is 1.74. The number of nitrogens with one attached hydrogen (secondary N) is 1. The van der Waals surface area contributed by atoms with E-state index >= 15 is 0 Å². The van der Waals surface area contributed by atoms with E-state index in [9.17, 15) is 4.79 Å². The van der Waals surface area contributed by atoms with Crippen LogP contribution in [-0.2, 0) is 11.3 Å². The van der Waals surface area contributed by atoms with Crippen molar-refractivity contribution in [3.05, 3.63) is 63.6 Å². The first-order chi connectivity index (χ1) is 11.1. The normalized spacial score (nSPS) is 9.65. The van der Waals surface area contributed by atoms with E-state index in [2.05, 4.69) is 17.2 Å². The summed E-state index contributed by atoms with van der Waals surface area (Å²) in [6.45, 7) is 0.320. The number of amides is 1. The molecule has 0 aliphatic heterocycles. The molecule has 4 nitrogen and oxygen atoms in total. The first kappa shape index (κ1) is 17.0. The zero-order valence-electron chi connectivity index (χ0n) is 12.1. The van der Waals surface area contributed by atoms with Gasteiger partial charge in [-0.15, -0.1) is 0 Å². The number of hydrogen-bond donors (Lipinski definition) is 2. The SMILES string of the molecule is Nc1cc(Cl)c(C#CCNC(=O)OCc2ccccc2)c(Cl)c1. The summed E-state index contributed by atoms with van der Waals surface area (Å²) in [5, 5.41) is 3.27. The number of alkyl carbamates (subject to hydrolysis) is 1. The number of hydrogen-bond acceptors (Lipinski definition) is 3. The minimum absolute atomic E-state index is 0.116. The van der Waals surface area contributed by atoms with Crippen LogP contribution in [0, 0.1) is 11.8 Å². The van der Waals surface area contributed by atoms with Gasteiger partial charge in [0.2, 0.25) is 0 Å².